The van der Waals surface area contributed by atoms with Gasteiger partial charge in [-0.15, -0.1) is 11.3 Å². The van der Waals surface area contributed by atoms with E-state index in [1.54, 1.807) is 0 Å². The fraction of sp³-hybridized carbons (Fsp3) is 0.0435. The van der Waals surface area contributed by atoms with Crippen molar-refractivity contribution in [2.24, 2.45) is 0 Å². The molecule has 0 unspecified atom stereocenters. The molecule has 12 aromatic rings. The lowest BCUT2D eigenvalue weighted by Gasteiger charge is -2.17. The number of hydrogen-bond donors (Lipinski definition) is 0. The van der Waals surface area contributed by atoms with Gasteiger partial charge in [0.1, 0.15) is 0 Å². The second kappa shape index (κ2) is 21.3. The van der Waals surface area contributed by atoms with E-state index >= 15 is 0 Å². The minimum absolute atomic E-state index is 1.23. The first kappa shape index (κ1) is 45.4. The van der Waals surface area contributed by atoms with Crippen LogP contribution in [0.25, 0.3) is 98.1 Å². The second-order valence-electron chi connectivity index (χ2n) is 17.8. The third-order valence-electron chi connectivity index (χ3n) is 12.9. The van der Waals surface area contributed by atoms with Crippen LogP contribution in [-0.4, -0.2) is 0 Å². The second-order valence-corrected chi connectivity index (χ2v) is 18.8. The summed E-state index contributed by atoms with van der Waals surface area (Å²) in [5.74, 6) is 0. The Bertz CT molecular complexity index is 3500. The van der Waals surface area contributed by atoms with E-state index in [2.05, 4.69) is 282 Å². The molecule has 0 atom stereocenters. The van der Waals surface area contributed by atoms with Gasteiger partial charge in [-0.1, -0.05) is 290 Å². The van der Waals surface area contributed by atoms with Crippen LogP contribution in [0.15, 0.2) is 273 Å². The van der Waals surface area contributed by atoms with Crippen molar-refractivity contribution < 1.29 is 0 Å². The van der Waals surface area contributed by atoms with Gasteiger partial charge in [-0.25, -0.2) is 0 Å². The Labute approximate surface area is 417 Å². The highest BCUT2D eigenvalue weighted by atomic mass is 32.1. The molecule has 1 heteroatoms. The van der Waals surface area contributed by atoms with Gasteiger partial charge in [0.25, 0.3) is 0 Å². The van der Waals surface area contributed by atoms with Crippen molar-refractivity contribution in [1.29, 1.82) is 0 Å². The van der Waals surface area contributed by atoms with Crippen LogP contribution in [0.2, 0.25) is 0 Å². The van der Waals surface area contributed by atoms with Gasteiger partial charge in [-0.05, 0) is 92.7 Å². The standard InChI is InChI=1S/C43H30S.2C13H12/c1-29-21-23-30(24-22-29)31-25-27-35(28-26-31)42-40(34-17-9-4-10-18-34)41-37-20-12-11-19-36(37)38(32-13-5-2-6-14-32)39(43(41)44-42)33-15-7-3-8-16-33;2*1-11-7-9-13(10-8-11)12-5-3-2-4-6-12/h2-28H,1H3;2*2-10H,1H3. The molecule has 11 aromatic carbocycles. The van der Waals surface area contributed by atoms with Crippen LogP contribution >= 0.6 is 11.3 Å². The molecule has 0 nitrogen and oxygen atoms in total. The van der Waals surface area contributed by atoms with E-state index < -0.39 is 0 Å². The quantitative estimate of drug-likeness (QED) is 0.149. The lowest BCUT2D eigenvalue weighted by atomic mass is 9.86. The third kappa shape index (κ3) is 10.1. The van der Waals surface area contributed by atoms with E-state index in [0.717, 1.165) is 0 Å². The van der Waals surface area contributed by atoms with Crippen LogP contribution in [-0.2, 0) is 0 Å². The van der Waals surface area contributed by atoms with Crippen LogP contribution in [0, 0.1) is 20.8 Å². The first-order valence-electron chi connectivity index (χ1n) is 24.1. The van der Waals surface area contributed by atoms with Crippen LogP contribution in [0.1, 0.15) is 16.7 Å². The van der Waals surface area contributed by atoms with E-state index in [-0.39, 0.29) is 0 Å². The Morgan fingerprint density at radius 2 is 0.486 bits per heavy atom. The Morgan fingerprint density at radius 3 is 0.871 bits per heavy atom. The van der Waals surface area contributed by atoms with Gasteiger partial charge in [0, 0.05) is 26.1 Å². The van der Waals surface area contributed by atoms with E-state index in [1.165, 1.54) is 115 Å². The molecule has 0 aliphatic heterocycles. The molecular formula is C69H54S. The Hall–Kier alpha value is -8.36. The monoisotopic (exact) mass is 914 g/mol. The number of thiophene rings is 1. The molecule has 1 aromatic heterocycles. The van der Waals surface area contributed by atoms with Crippen LogP contribution in [0.3, 0.4) is 0 Å². The first-order chi connectivity index (χ1) is 34.5. The van der Waals surface area contributed by atoms with E-state index in [1.807, 2.05) is 23.5 Å². The molecule has 0 saturated heterocycles. The maximum absolute atomic E-state index is 2.31. The van der Waals surface area contributed by atoms with Crippen molar-refractivity contribution in [2.45, 2.75) is 20.8 Å². The number of aryl methyl sites for hydroxylation is 3. The minimum atomic E-state index is 1.23. The Morgan fingerprint density at radius 1 is 0.214 bits per heavy atom. The van der Waals surface area contributed by atoms with Crippen LogP contribution in [0.5, 0.6) is 0 Å². The van der Waals surface area contributed by atoms with Gasteiger partial charge in [0.05, 0.1) is 0 Å². The zero-order chi connectivity index (χ0) is 47.7. The molecule has 0 spiro atoms. The molecule has 0 fully saturated rings. The molecule has 0 radical (unpaired) electrons. The topological polar surface area (TPSA) is 0 Å². The van der Waals surface area contributed by atoms with Crippen molar-refractivity contribution in [2.75, 3.05) is 0 Å². The number of fused-ring (bicyclic) bond motifs is 3. The van der Waals surface area contributed by atoms with Crippen molar-refractivity contribution in [3.63, 3.8) is 0 Å². The van der Waals surface area contributed by atoms with Gasteiger partial charge >= 0.3 is 0 Å². The Balaban J connectivity index is 0.000000176. The zero-order valence-electron chi connectivity index (χ0n) is 39.9. The predicted molar refractivity (Wildman–Crippen MR) is 304 cm³/mol. The van der Waals surface area contributed by atoms with Gasteiger partial charge < -0.3 is 0 Å². The summed E-state index contributed by atoms with van der Waals surface area (Å²) in [4.78, 5) is 1.30. The maximum Gasteiger partial charge on any atom is 0.0446 e. The van der Waals surface area contributed by atoms with Crippen molar-refractivity contribution >= 4 is 32.2 Å². The molecule has 0 aliphatic rings. The van der Waals surface area contributed by atoms with Gasteiger partial charge in [-0.2, -0.15) is 0 Å². The van der Waals surface area contributed by atoms with Gasteiger partial charge in [0.2, 0.25) is 0 Å². The summed E-state index contributed by atoms with van der Waals surface area (Å²) in [5, 5.41) is 3.90. The smallest absolute Gasteiger partial charge is 0.0446 e. The highest BCUT2D eigenvalue weighted by Crippen LogP contribution is 2.54. The summed E-state index contributed by atoms with van der Waals surface area (Å²) in [6.07, 6.45) is 0. The highest BCUT2D eigenvalue weighted by Gasteiger charge is 2.25. The molecule has 70 heavy (non-hydrogen) atoms. The average Bonchev–Trinajstić information content (AvgIpc) is 3.84. The average molecular weight is 915 g/mol. The summed E-state index contributed by atoms with van der Waals surface area (Å²) in [6, 6.07) is 97.7. The van der Waals surface area contributed by atoms with Gasteiger partial charge in [0.15, 0.2) is 0 Å². The third-order valence-corrected chi connectivity index (χ3v) is 14.1. The highest BCUT2D eigenvalue weighted by molar-refractivity contribution is 7.24. The number of benzene rings is 11. The number of rotatable bonds is 7. The largest absolute Gasteiger partial charge is 0.134 e. The molecule has 336 valence electrons. The molecule has 0 amide bonds. The number of hydrogen-bond acceptors (Lipinski definition) is 1. The van der Waals surface area contributed by atoms with Crippen molar-refractivity contribution in [3.8, 4) is 77.2 Å². The molecule has 1 heterocycles. The maximum atomic E-state index is 2.31. The van der Waals surface area contributed by atoms with Crippen molar-refractivity contribution in [3.05, 3.63) is 290 Å². The summed E-state index contributed by atoms with van der Waals surface area (Å²) < 4.78 is 1.32. The normalized spacial score (nSPS) is 10.8. The van der Waals surface area contributed by atoms with Gasteiger partial charge in [-0.3, -0.25) is 0 Å². The van der Waals surface area contributed by atoms with E-state index in [4.69, 9.17) is 0 Å². The molecular weight excluding hydrogens is 861 g/mol. The van der Waals surface area contributed by atoms with Crippen LogP contribution in [0.4, 0.5) is 0 Å². The summed E-state index contributed by atoms with van der Waals surface area (Å²) >= 11 is 1.92. The predicted octanol–water partition coefficient (Wildman–Crippen LogP) is 20.0. The molecule has 0 N–H and O–H groups in total. The van der Waals surface area contributed by atoms with Crippen molar-refractivity contribution in [1.82, 2.24) is 0 Å². The molecule has 0 aliphatic carbocycles. The molecule has 12 rings (SSSR count). The summed E-state index contributed by atoms with van der Waals surface area (Å²) in [7, 11) is 0. The SMILES string of the molecule is Cc1ccc(-c2ccc(-c3sc4c(-c5ccccc5)c(-c5ccccc5)c5ccccc5c4c3-c3ccccc3)cc2)cc1.Cc1ccc(-c2ccccc2)cc1.Cc1ccc(-c2ccccc2)cc1. The lowest BCUT2D eigenvalue weighted by Crippen LogP contribution is -1.90. The minimum Gasteiger partial charge on any atom is -0.134 e. The zero-order valence-corrected chi connectivity index (χ0v) is 40.7. The van der Waals surface area contributed by atoms with E-state index in [0.29, 0.717) is 0 Å². The molecule has 0 saturated carbocycles. The first-order valence-corrected chi connectivity index (χ1v) is 24.9. The van der Waals surface area contributed by atoms with Crippen LogP contribution < -0.4 is 0 Å². The Kier molecular flexibility index (Phi) is 13.8. The lowest BCUT2D eigenvalue weighted by molar-refractivity contribution is 1.47. The van der Waals surface area contributed by atoms with E-state index in [9.17, 15) is 0 Å². The summed E-state index contributed by atoms with van der Waals surface area (Å²) in [5.41, 5.74) is 20.4. The molecule has 0 bridgehead atoms. The fourth-order valence-electron chi connectivity index (χ4n) is 9.21. The fourth-order valence-corrected chi connectivity index (χ4v) is 10.6. The summed E-state index contributed by atoms with van der Waals surface area (Å²) in [6.45, 7) is 6.35.